The predicted octanol–water partition coefficient (Wildman–Crippen LogP) is 2.42. The fourth-order valence-corrected chi connectivity index (χ4v) is 4.06. The molecule has 0 amide bonds. The summed E-state index contributed by atoms with van der Waals surface area (Å²) in [7, 11) is 1.83. The number of hydrogen-bond acceptors (Lipinski definition) is 4. The van der Waals surface area contributed by atoms with Crippen LogP contribution in [0.2, 0.25) is 0 Å². The summed E-state index contributed by atoms with van der Waals surface area (Å²) in [5.41, 5.74) is 0. The van der Waals surface area contributed by atoms with Crippen LogP contribution in [0, 0.1) is 0 Å². The fourth-order valence-electron chi connectivity index (χ4n) is 4.06. The zero-order valence-corrected chi connectivity index (χ0v) is 16.0. The van der Waals surface area contributed by atoms with Crippen molar-refractivity contribution in [2.45, 2.75) is 57.0 Å². The van der Waals surface area contributed by atoms with Gasteiger partial charge < -0.3 is 15.4 Å². The Hall–Kier alpha value is -1.82. The van der Waals surface area contributed by atoms with Crippen molar-refractivity contribution >= 4 is 5.96 Å². The first-order chi connectivity index (χ1) is 12.8. The van der Waals surface area contributed by atoms with E-state index >= 15 is 0 Å². The highest BCUT2D eigenvalue weighted by Crippen LogP contribution is 2.25. The smallest absolute Gasteiger partial charge is 0.191 e. The highest BCUT2D eigenvalue weighted by Gasteiger charge is 2.27. The van der Waals surface area contributed by atoms with Crippen molar-refractivity contribution in [2.24, 2.45) is 4.99 Å². The van der Waals surface area contributed by atoms with Crippen molar-refractivity contribution in [1.29, 1.82) is 0 Å². The van der Waals surface area contributed by atoms with Crippen molar-refractivity contribution in [1.82, 2.24) is 20.5 Å². The van der Waals surface area contributed by atoms with Crippen molar-refractivity contribution in [3.63, 3.8) is 0 Å². The van der Waals surface area contributed by atoms with E-state index in [1.54, 1.807) is 12.4 Å². The molecule has 6 nitrogen and oxygen atoms in total. The molecule has 1 aliphatic heterocycles. The Kier molecular flexibility index (Phi) is 7.55. The lowest BCUT2D eigenvalue weighted by Crippen LogP contribution is -2.53. The van der Waals surface area contributed by atoms with Crippen LogP contribution in [-0.4, -0.2) is 61.2 Å². The standard InChI is InChI=1S/C20H33N5O/c1-21-20(23-12-14-26-19-10-5-11-22-15-19)24-17-7-6-13-25(16-17)18-8-3-2-4-9-18/h5,10-11,15,17-18H,2-4,6-9,12-14,16H2,1H3,(H2,21,23,24). The van der Waals surface area contributed by atoms with Crippen molar-refractivity contribution in [2.75, 3.05) is 33.3 Å². The molecule has 0 aromatic carbocycles. The molecule has 0 radical (unpaired) electrons. The van der Waals surface area contributed by atoms with Gasteiger partial charge in [-0.2, -0.15) is 0 Å². The summed E-state index contributed by atoms with van der Waals surface area (Å²) in [6.45, 7) is 3.70. The summed E-state index contributed by atoms with van der Waals surface area (Å²) in [5.74, 6) is 1.67. The number of rotatable bonds is 6. The first kappa shape index (κ1) is 19.0. The number of hydrogen-bond donors (Lipinski definition) is 2. The van der Waals surface area contributed by atoms with Crippen LogP contribution in [0.25, 0.3) is 0 Å². The largest absolute Gasteiger partial charge is 0.490 e. The number of guanidine groups is 1. The maximum Gasteiger partial charge on any atom is 0.191 e. The zero-order valence-electron chi connectivity index (χ0n) is 16.0. The van der Waals surface area contributed by atoms with Crippen LogP contribution in [0.15, 0.2) is 29.5 Å². The molecular formula is C20H33N5O. The quantitative estimate of drug-likeness (QED) is 0.464. The molecular weight excluding hydrogens is 326 g/mol. The summed E-state index contributed by atoms with van der Waals surface area (Å²) in [4.78, 5) is 11.1. The third-order valence-electron chi connectivity index (χ3n) is 5.41. The third kappa shape index (κ3) is 5.87. The Labute approximate surface area is 157 Å². The number of ether oxygens (including phenoxy) is 1. The van der Waals surface area contributed by atoms with Crippen LogP contribution in [0.5, 0.6) is 5.75 Å². The number of pyridine rings is 1. The lowest BCUT2D eigenvalue weighted by Gasteiger charge is -2.40. The monoisotopic (exact) mass is 359 g/mol. The average molecular weight is 360 g/mol. The van der Waals surface area contributed by atoms with E-state index in [1.807, 2.05) is 19.2 Å². The second kappa shape index (κ2) is 10.4. The van der Waals surface area contributed by atoms with Gasteiger partial charge in [0.2, 0.25) is 0 Å². The minimum absolute atomic E-state index is 0.483. The second-order valence-corrected chi connectivity index (χ2v) is 7.31. The molecule has 3 rings (SSSR count). The number of piperidine rings is 1. The topological polar surface area (TPSA) is 61.8 Å². The van der Waals surface area contributed by atoms with Gasteiger partial charge in [0.1, 0.15) is 12.4 Å². The van der Waals surface area contributed by atoms with E-state index in [-0.39, 0.29) is 0 Å². The highest BCUT2D eigenvalue weighted by molar-refractivity contribution is 5.79. The van der Waals surface area contributed by atoms with Crippen molar-refractivity contribution in [3.05, 3.63) is 24.5 Å². The van der Waals surface area contributed by atoms with Crippen LogP contribution >= 0.6 is 0 Å². The summed E-state index contributed by atoms with van der Waals surface area (Å²) in [6.07, 6.45) is 13.0. The van der Waals surface area contributed by atoms with Gasteiger partial charge in [-0.05, 0) is 44.4 Å². The van der Waals surface area contributed by atoms with Gasteiger partial charge in [0, 0.05) is 31.9 Å². The molecule has 2 aliphatic rings. The molecule has 1 unspecified atom stereocenters. The van der Waals surface area contributed by atoms with Gasteiger partial charge in [-0.3, -0.25) is 14.9 Å². The van der Waals surface area contributed by atoms with E-state index < -0.39 is 0 Å². The molecule has 1 saturated heterocycles. The lowest BCUT2D eigenvalue weighted by molar-refractivity contribution is 0.115. The number of nitrogens with one attached hydrogen (secondary N) is 2. The number of likely N-dealkylation sites (tertiary alicyclic amines) is 1. The molecule has 6 heteroatoms. The number of aromatic nitrogens is 1. The van der Waals surface area contributed by atoms with Crippen LogP contribution in [0.4, 0.5) is 0 Å². The summed E-state index contributed by atoms with van der Waals surface area (Å²) in [5, 5.41) is 6.96. The third-order valence-corrected chi connectivity index (χ3v) is 5.41. The molecule has 1 atom stereocenters. The van der Waals surface area contributed by atoms with Crippen LogP contribution in [0.1, 0.15) is 44.9 Å². The van der Waals surface area contributed by atoms with E-state index in [0.29, 0.717) is 19.2 Å². The molecule has 1 aliphatic carbocycles. The minimum atomic E-state index is 0.483. The molecule has 2 N–H and O–H groups in total. The van der Waals surface area contributed by atoms with Crippen molar-refractivity contribution < 1.29 is 4.74 Å². The second-order valence-electron chi connectivity index (χ2n) is 7.31. The molecule has 26 heavy (non-hydrogen) atoms. The van der Waals surface area contributed by atoms with E-state index in [9.17, 15) is 0 Å². The first-order valence-electron chi connectivity index (χ1n) is 10.1. The van der Waals surface area contributed by atoms with E-state index in [2.05, 4.69) is 25.5 Å². The van der Waals surface area contributed by atoms with Crippen molar-refractivity contribution in [3.8, 4) is 5.75 Å². The Balaban J connectivity index is 1.38. The first-order valence-corrected chi connectivity index (χ1v) is 10.1. The minimum Gasteiger partial charge on any atom is -0.490 e. The molecule has 0 bridgehead atoms. The highest BCUT2D eigenvalue weighted by atomic mass is 16.5. The van der Waals surface area contributed by atoms with Crippen LogP contribution in [0.3, 0.4) is 0 Å². The van der Waals surface area contributed by atoms with Gasteiger partial charge in [-0.1, -0.05) is 19.3 Å². The van der Waals surface area contributed by atoms with E-state index in [0.717, 1.165) is 24.3 Å². The van der Waals surface area contributed by atoms with Gasteiger partial charge in [-0.15, -0.1) is 0 Å². The average Bonchev–Trinajstić information content (AvgIpc) is 2.72. The Bertz CT molecular complexity index is 544. The maximum atomic E-state index is 5.67. The maximum absolute atomic E-state index is 5.67. The molecule has 2 heterocycles. The Morgan fingerprint density at radius 2 is 2.15 bits per heavy atom. The molecule has 2 fully saturated rings. The zero-order chi connectivity index (χ0) is 18.0. The Morgan fingerprint density at radius 3 is 2.92 bits per heavy atom. The van der Waals surface area contributed by atoms with Gasteiger partial charge in [0.15, 0.2) is 5.96 Å². The molecule has 1 saturated carbocycles. The summed E-state index contributed by atoms with van der Waals surface area (Å²) in [6, 6.07) is 5.08. The molecule has 1 aromatic rings. The summed E-state index contributed by atoms with van der Waals surface area (Å²) >= 11 is 0. The summed E-state index contributed by atoms with van der Waals surface area (Å²) < 4.78 is 5.67. The Morgan fingerprint density at radius 1 is 1.27 bits per heavy atom. The molecule has 1 aromatic heterocycles. The van der Waals surface area contributed by atoms with Gasteiger partial charge in [-0.25, -0.2) is 0 Å². The predicted molar refractivity (Wildman–Crippen MR) is 106 cm³/mol. The molecule has 0 spiro atoms. The van der Waals surface area contributed by atoms with E-state index in [4.69, 9.17) is 4.74 Å². The lowest BCUT2D eigenvalue weighted by atomic mass is 9.92. The van der Waals surface area contributed by atoms with Crippen LogP contribution in [-0.2, 0) is 0 Å². The molecule has 144 valence electrons. The van der Waals surface area contributed by atoms with Gasteiger partial charge in [0.25, 0.3) is 0 Å². The SMILES string of the molecule is CN=C(NCCOc1cccnc1)NC1CCCN(C2CCCCC2)C1. The van der Waals surface area contributed by atoms with Gasteiger partial charge in [0.05, 0.1) is 12.7 Å². The normalized spacial score (nSPS) is 22.8. The van der Waals surface area contributed by atoms with E-state index in [1.165, 1.54) is 51.5 Å². The van der Waals surface area contributed by atoms with Gasteiger partial charge >= 0.3 is 0 Å². The van der Waals surface area contributed by atoms with Crippen LogP contribution < -0.4 is 15.4 Å². The fraction of sp³-hybridized carbons (Fsp3) is 0.700. The number of aliphatic imine (C=N–C) groups is 1. The number of nitrogens with zero attached hydrogens (tertiary/aromatic N) is 3.